The number of carbonyl (C=O) groups is 2. The number of hydrogen-bond donors (Lipinski definition) is 2. The van der Waals surface area contributed by atoms with Crippen LogP contribution in [0.2, 0.25) is 0 Å². The molecule has 0 unspecified atom stereocenters. The van der Waals surface area contributed by atoms with Crippen LogP contribution in [0.1, 0.15) is 26.4 Å². The zero-order valence-corrected chi connectivity index (χ0v) is 7.24. The van der Waals surface area contributed by atoms with Crippen LogP contribution in [0.15, 0.2) is 6.20 Å². The van der Waals surface area contributed by atoms with Crippen molar-refractivity contribution in [1.82, 2.24) is 4.57 Å². The quantitative estimate of drug-likeness (QED) is 0.708. The van der Waals surface area contributed by atoms with E-state index in [1.54, 1.807) is 6.92 Å². The summed E-state index contributed by atoms with van der Waals surface area (Å²) in [6, 6.07) is 0. The predicted molar refractivity (Wildman–Crippen MR) is 44.1 cm³/mol. The molecule has 0 atom stereocenters. The number of carboxylic acids is 2. The number of rotatable bonds is 2. The lowest BCUT2D eigenvalue weighted by molar-refractivity contribution is 0.0644. The maximum Gasteiger partial charge on any atom is 0.353 e. The molecule has 2 N–H and O–H groups in total. The van der Waals surface area contributed by atoms with E-state index in [2.05, 4.69) is 0 Å². The van der Waals surface area contributed by atoms with E-state index in [9.17, 15) is 9.59 Å². The molecule has 1 aromatic rings. The molecule has 0 radical (unpaired) electrons. The van der Waals surface area contributed by atoms with Gasteiger partial charge in [-0.05, 0) is 12.5 Å². The Hall–Kier alpha value is -1.78. The molecule has 0 amide bonds. The second-order valence-electron chi connectivity index (χ2n) is 2.76. The summed E-state index contributed by atoms with van der Waals surface area (Å²) in [5, 5.41) is 17.5. The molecule has 0 bridgehead atoms. The highest BCUT2D eigenvalue weighted by Crippen LogP contribution is 2.15. The summed E-state index contributed by atoms with van der Waals surface area (Å²) in [7, 11) is 1.50. The molecule has 0 saturated carbocycles. The van der Waals surface area contributed by atoms with Crippen molar-refractivity contribution >= 4 is 11.9 Å². The monoisotopic (exact) mass is 183 g/mol. The molecule has 13 heavy (non-hydrogen) atoms. The van der Waals surface area contributed by atoms with Crippen molar-refractivity contribution in [3.05, 3.63) is 23.0 Å². The van der Waals surface area contributed by atoms with E-state index in [0.717, 1.165) is 0 Å². The second-order valence-corrected chi connectivity index (χ2v) is 2.76. The molecule has 0 saturated heterocycles. The van der Waals surface area contributed by atoms with Crippen molar-refractivity contribution < 1.29 is 19.8 Å². The maximum absolute atomic E-state index is 10.7. The summed E-state index contributed by atoms with van der Waals surface area (Å²) in [5.41, 5.74) is 0.118. The van der Waals surface area contributed by atoms with E-state index in [4.69, 9.17) is 10.2 Å². The highest BCUT2D eigenvalue weighted by atomic mass is 16.4. The summed E-state index contributed by atoms with van der Waals surface area (Å²) in [6.45, 7) is 1.57. The summed E-state index contributed by atoms with van der Waals surface area (Å²) < 4.78 is 1.29. The van der Waals surface area contributed by atoms with Gasteiger partial charge in [0.25, 0.3) is 0 Å². The fourth-order valence-electron chi connectivity index (χ4n) is 1.31. The zero-order valence-electron chi connectivity index (χ0n) is 7.24. The first-order valence-corrected chi connectivity index (χ1v) is 3.57. The Labute approximate surface area is 74.2 Å². The SMILES string of the molecule is Cc1cn(C)c(C(=O)O)c1C(=O)O. The smallest absolute Gasteiger partial charge is 0.353 e. The second kappa shape index (κ2) is 2.93. The van der Waals surface area contributed by atoms with Crippen molar-refractivity contribution in [3.63, 3.8) is 0 Å². The Balaban J connectivity index is 3.47. The third-order valence-corrected chi connectivity index (χ3v) is 1.79. The average molecular weight is 183 g/mol. The van der Waals surface area contributed by atoms with Gasteiger partial charge in [-0.3, -0.25) is 0 Å². The third kappa shape index (κ3) is 1.40. The van der Waals surface area contributed by atoms with E-state index >= 15 is 0 Å². The van der Waals surface area contributed by atoms with Crippen LogP contribution in [-0.4, -0.2) is 26.7 Å². The lowest BCUT2D eigenvalue weighted by Gasteiger charge is -1.98. The molecule has 0 aromatic carbocycles. The molecule has 0 aliphatic rings. The Morgan fingerprint density at radius 1 is 1.31 bits per heavy atom. The lowest BCUT2D eigenvalue weighted by Crippen LogP contribution is -2.10. The highest BCUT2D eigenvalue weighted by Gasteiger charge is 2.22. The van der Waals surface area contributed by atoms with E-state index in [1.165, 1.54) is 17.8 Å². The minimum absolute atomic E-state index is 0.144. The van der Waals surface area contributed by atoms with Crippen molar-refractivity contribution in [3.8, 4) is 0 Å². The maximum atomic E-state index is 10.7. The van der Waals surface area contributed by atoms with E-state index in [1.807, 2.05) is 0 Å². The Bertz CT molecular complexity index is 343. The standard InChI is InChI=1S/C8H9NO4/c1-4-3-9(2)6(8(12)13)5(4)7(10)11/h3H,1-2H3,(H,10,11)(H,12,13). The molecular formula is C8H9NO4. The summed E-state index contributed by atoms with van der Waals surface area (Å²) >= 11 is 0. The van der Waals surface area contributed by atoms with Gasteiger partial charge in [0.1, 0.15) is 5.69 Å². The first kappa shape index (κ1) is 9.31. The fraction of sp³-hybridized carbons (Fsp3) is 0.250. The van der Waals surface area contributed by atoms with Gasteiger partial charge in [-0.1, -0.05) is 0 Å². The van der Waals surface area contributed by atoms with Crippen LogP contribution in [0.25, 0.3) is 0 Å². The van der Waals surface area contributed by atoms with Gasteiger partial charge in [0.15, 0.2) is 0 Å². The summed E-state index contributed by atoms with van der Waals surface area (Å²) in [4.78, 5) is 21.4. The predicted octanol–water partition coefficient (Wildman–Crippen LogP) is 0.730. The number of aryl methyl sites for hydroxylation is 2. The number of hydrogen-bond acceptors (Lipinski definition) is 2. The van der Waals surface area contributed by atoms with Gasteiger partial charge in [0.2, 0.25) is 0 Å². The Kier molecular flexibility index (Phi) is 2.10. The van der Waals surface area contributed by atoms with Crippen LogP contribution in [0.5, 0.6) is 0 Å². The summed E-state index contributed by atoms with van der Waals surface area (Å²) in [5.74, 6) is -2.44. The van der Waals surface area contributed by atoms with E-state index in [-0.39, 0.29) is 11.3 Å². The molecule has 1 heterocycles. The van der Waals surface area contributed by atoms with Crippen LogP contribution in [0.4, 0.5) is 0 Å². The molecule has 1 aromatic heterocycles. The molecule has 0 fully saturated rings. The fourth-order valence-corrected chi connectivity index (χ4v) is 1.31. The van der Waals surface area contributed by atoms with Crippen molar-refractivity contribution in [2.45, 2.75) is 6.92 Å². The van der Waals surface area contributed by atoms with Gasteiger partial charge < -0.3 is 14.8 Å². The average Bonchev–Trinajstić information content (AvgIpc) is 2.24. The normalized spacial score (nSPS) is 10.0. The van der Waals surface area contributed by atoms with Crippen LogP contribution in [-0.2, 0) is 7.05 Å². The third-order valence-electron chi connectivity index (χ3n) is 1.79. The number of aromatic carboxylic acids is 2. The van der Waals surface area contributed by atoms with Crippen LogP contribution < -0.4 is 0 Å². The lowest BCUT2D eigenvalue weighted by atomic mass is 10.1. The summed E-state index contributed by atoms with van der Waals surface area (Å²) in [6.07, 6.45) is 1.48. The number of carboxylic acid groups (broad SMARTS) is 2. The molecule has 5 heteroatoms. The van der Waals surface area contributed by atoms with E-state index < -0.39 is 11.9 Å². The van der Waals surface area contributed by atoms with Gasteiger partial charge >= 0.3 is 11.9 Å². The van der Waals surface area contributed by atoms with Gasteiger partial charge in [0, 0.05) is 13.2 Å². The van der Waals surface area contributed by atoms with Gasteiger partial charge in [-0.25, -0.2) is 9.59 Å². The topological polar surface area (TPSA) is 79.5 Å². The molecule has 0 aliphatic heterocycles. The Morgan fingerprint density at radius 3 is 2.15 bits per heavy atom. The van der Waals surface area contributed by atoms with Crippen molar-refractivity contribution in [2.75, 3.05) is 0 Å². The minimum Gasteiger partial charge on any atom is -0.478 e. The Morgan fingerprint density at radius 2 is 1.85 bits per heavy atom. The van der Waals surface area contributed by atoms with E-state index in [0.29, 0.717) is 5.56 Å². The van der Waals surface area contributed by atoms with Gasteiger partial charge in [-0.15, -0.1) is 0 Å². The number of nitrogens with zero attached hydrogens (tertiary/aromatic N) is 1. The first-order valence-electron chi connectivity index (χ1n) is 3.57. The van der Waals surface area contributed by atoms with Crippen LogP contribution in [0.3, 0.4) is 0 Å². The van der Waals surface area contributed by atoms with Crippen LogP contribution in [0, 0.1) is 6.92 Å². The molecule has 70 valence electrons. The van der Waals surface area contributed by atoms with Crippen molar-refractivity contribution in [1.29, 1.82) is 0 Å². The minimum atomic E-state index is -1.23. The molecular weight excluding hydrogens is 174 g/mol. The highest BCUT2D eigenvalue weighted by molar-refractivity contribution is 6.01. The zero-order chi connectivity index (χ0) is 10.2. The molecule has 5 nitrogen and oxygen atoms in total. The molecule has 0 spiro atoms. The largest absolute Gasteiger partial charge is 0.478 e. The first-order chi connectivity index (χ1) is 5.95. The molecule has 1 rings (SSSR count). The van der Waals surface area contributed by atoms with Gasteiger partial charge in [0.05, 0.1) is 5.56 Å². The van der Waals surface area contributed by atoms with Crippen molar-refractivity contribution in [2.24, 2.45) is 7.05 Å². The van der Waals surface area contributed by atoms with Gasteiger partial charge in [-0.2, -0.15) is 0 Å². The molecule has 0 aliphatic carbocycles. The van der Waals surface area contributed by atoms with Crippen LogP contribution >= 0.6 is 0 Å². The number of aromatic nitrogens is 1.